The normalized spacial score (nSPS) is 11.2. The molecule has 8 heteroatoms. The Balaban J connectivity index is 2.48. The number of carbonyl (C=O) groups is 2. The van der Waals surface area contributed by atoms with Crippen molar-refractivity contribution in [1.82, 2.24) is 16.2 Å². The van der Waals surface area contributed by atoms with Gasteiger partial charge in [0.05, 0.1) is 19.3 Å². The SMILES string of the molecule is COC[C@H](C)NC(=S)NNC(=O)c1ccc(C(=O)OC)cc1. The molecule has 0 heterocycles. The van der Waals surface area contributed by atoms with Gasteiger partial charge in [0.15, 0.2) is 5.11 Å². The third kappa shape index (κ3) is 5.66. The minimum atomic E-state index is -0.456. The smallest absolute Gasteiger partial charge is 0.337 e. The van der Waals surface area contributed by atoms with Gasteiger partial charge in [-0.3, -0.25) is 15.6 Å². The molecule has 0 saturated carbocycles. The van der Waals surface area contributed by atoms with Crippen LogP contribution in [0, 0.1) is 0 Å². The number of carbonyl (C=O) groups excluding carboxylic acids is 2. The molecule has 0 spiro atoms. The molecule has 0 bridgehead atoms. The summed E-state index contributed by atoms with van der Waals surface area (Å²) in [5, 5.41) is 3.22. The molecule has 1 aromatic rings. The molecule has 1 amide bonds. The Hall–Kier alpha value is -2.19. The lowest BCUT2D eigenvalue weighted by molar-refractivity contribution is 0.0600. The maximum absolute atomic E-state index is 11.9. The predicted octanol–water partition coefficient (Wildman–Crippen LogP) is 0.617. The Labute approximate surface area is 134 Å². The van der Waals surface area contributed by atoms with E-state index in [-0.39, 0.29) is 17.1 Å². The van der Waals surface area contributed by atoms with E-state index >= 15 is 0 Å². The van der Waals surface area contributed by atoms with E-state index in [1.54, 1.807) is 7.11 Å². The largest absolute Gasteiger partial charge is 0.465 e. The number of hydrogen-bond donors (Lipinski definition) is 3. The van der Waals surface area contributed by atoms with Crippen molar-refractivity contribution in [2.45, 2.75) is 13.0 Å². The highest BCUT2D eigenvalue weighted by Crippen LogP contribution is 2.05. The van der Waals surface area contributed by atoms with Gasteiger partial charge in [-0.05, 0) is 43.4 Å². The lowest BCUT2D eigenvalue weighted by atomic mass is 10.1. The summed E-state index contributed by atoms with van der Waals surface area (Å²) in [6, 6.07) is 6.08. The van der Waals surface area contributed by atoms with Crippen LogP contribution in [0.5, 0.6) is 0 Å². The average Bonchev–Trinajstić information content (AvgIpc) is 2.52. The van der Waals surface area contributed by atoms with Crippen molar-refractivity contribution in [2.75, 3.05) is 20.8 Å². The number of amides is 1. The molecular formula is C14H19N3O4S. The molecule has 0 aliphatic carbocycles. The third-order valence-corrected chi connectivity index (χ3v) is 2.87. The maximum Gasteiger partial charge on any atom is 0.337 e. The molecule has 0 aromatic heterocycles. The van der Waals surface area contributed by atoms with Gasteiger partial charge in [0.25, 0.3) is 5.91 Å². The van der Waals surface area contributed by atoms with Crippen LogP contribution in [0.1, 0.15) is 27.6 Å². The first kappa shape index (κ1) is 17.9. The highest BCUT2D eigenvalue weighted by Gasteiger charge is 2.09. The Bertz CT molecular complexity index is 533. The summed E-state index contributed by atoms with van der Waals surface area (Å²) in [6.07, 6.45) is 0. The van der Waals surface area contributed by atoms with Gasteiger partial charge in [-0.15, -0.1) is 0 Å². The monoisotopic (exact) mass is 325 g/mol. The molecular weight excluding hydrogens is 306 g/mol. The summed E-state index contributed by atoms with van der Waals surface area (Å²) >= 11 is 5.03. The van der Waals surface area contributed by atoms with E-state index in [2.05, 4.69) is 20.9 Å². The first-order valence-corrected chi connectivity index (χ1v) is 6.93. The molecule has 3 N–H and O–H groups in total. The van der Waals surface area contributed by atoms with Gasteiger partial charge in [0.2, 0.25) is 0 Å². The number of hydrogen-bond acceptors (Lipinski definition) is 5. The molecule has 7 nitrogen and oxygen atoms in total. The van der Waals surface area contributed by atoms with Gasteiger partial charge in [-0.2, -0.15) is 0 Å². The fourth-order valence-corrected chi connectivity index (χ4v) is 1.86. The number of methoxy groups -OCH3 is 2. The Morgan fingerprint density at radius 3 is 2.27 bits per heavy atom. The minimum Gasteiger partial charge on any atom is -0.465 e. The average molecular weight is 325 g/mol. The Morgan fingerprint density at radius 2 is 1.73 bits per heavy atom. The van der Waals surface area contributed by atoms with Crippen molar-refractivity contribution >= 4 is 29.2 Å². The molecule has 0 aliphatic heterocycles. The number of nitrogens with one attached hydrogen (secondary N) is 3. The van der Waals surface area contributed by atoms with Crippen LogP contribution in [-0.4, -0.2) is 43.9 Å². The van der Waals surface area contributed by atoms with Crippen molar-refractivity contribution in [2.24, 2.45) is 0 Å². The maximum atomic E-state index is 11.9. The standard InChI is InChI=1S/C14H19N3O4S/c1-9(8-20-2)15-14(22)17-16-12(18)10-4-6-11(7-5-10)13(19)21-3/h4-7,9H,8H2,1-3H3,(H,16,18)(H2,15,17,22)/t9-/m0/s1. The summed E-state index contributed by atoms with van der Waals surface area (Å²) in [6.45, 7) is 2.38. The number of thiocarbonyl (C=S) groups is 1. The van der Waals surface area contributed by atoms with Crippen molar-refractivity contribution in [3.63, 3.8) is 0 Å². The van der Waals surface area contributed by atoms with Gasteiger partial charge in [-0.25, -0.2) is 4.79 Å². The number of benzene rings is 1. The van der Waals surface area contributed by atoms with Gasteiger partial charge in [0, 0.05) is 18.7 Å². The van der Waals surface area contributed by atoms with Crippen LogP contribution in [-0.2, 0) is 9.47 Å². The molecule has 0 saturated heterocycles. The van der Waals surface area contributed by atoms with Crippen molar-refractivity contribution in [3.05, 3.63) is 35.4 Å². The van der Waals surface area contributed by atoms with Crippen LogP contribution in [0.4, 0.5) is 0 Å². The molecule has 0 unspecified atom stereocenters. The van der Waals surface area contributed by atoms with Crippen LogP contribution >= 0.6 is 12.2 Å². The lowest BCUT2D eigenvalue weighted by Crippen LogP contribution is -2.49. The van der Waals surface area contributed by atoms with Gasteiger partial charge >= 0.3 is 5.97 Å². The van der Waals surface area contributed by atoms with Crippen LogP contribution in [0.15, 0.2) is 24.3 Å². The molecule has 0 fully saturated rings. The zero-order valence-corrected chi connectivity index (χ0v) is 13.5. The zero-order chi connectivity index (χ0) is 16.5. The molecule has 1 atom stereocenters. The van der Waals surface area contributed by atoms with E-state index in [4.69, 9.17) is 17.0 Å². The van der Waals surface area contributed by atoms with E-state index in [9.17, 15) is 9.59 Å². The van der Waals surface area contributed by atoms with Crippen molar-refractivity contribution in [3.8, 4) is 0 Å². The zero-order valence-electron chi connectivity index (χ0n) is 12.6. The first-order valence-electron chi connectivity index (χ1n) is 6.52. The second kappa shape index (κ2) is 8.96. The van der Waals surface area contributed by atoms with E-state index in [1.165, 1.54) is 31.4 Å². The van der Waals surface area contributed by atoms with Crippen molar-refractivity contribution < 1.29 is 19.1 Å². The van der Waals surface area contributed by atoms with Crippen LogP contribution in [0.25, 0.3) is 0 Å². The van der Waals surface area contributed by atoms with Crippen LogP contribution < -0.4 is 16.2 Å². The first-order chi connectivity index (χ1) is 10.5. The van der Waals surface area contributed by atoms with Crippen LogP contribution in [0.2, 0.25) is 0 Å². The topological polar surface area (TPSA) is 88.7 Å². The van der Waals surface area contributed by atoms with Crippen molar-refractivity contribution in [1.29, 1.82) is 0 Å². The molecule has 120 valence electrons. The molecule has 0 aliphatic rings. The van der Waals surface area contributed by atoms with E-state index in [1.807, 2.05) is 6.92 Å². The highest BCUT2D eigenvalue weighted by atomic mass is 32.1. The molecule has 1 aromatic carbocycles. The van der Waals surface area contributed by atoms with Crippen LogP contribution in [0.3, 0.4) is 0 Å². The fraction of sp³-hybridized carbons (Fsp3) is 0.357. The Kier molecular flexibility index (Phi) is 7.27. The van der Waals surface area contributed by atoms with E-state index < -0.39 is 5.97 Å². The van der Waals surface area contributed by atoms with E-state index in [0.717, 1.165) is 0 Å². The number of ether oxygens (including phenoxy) is 2. The second-order valence-electron chi connectivity index (χ2n) is 4.48. The fourth-order valence-electron chi connectivity index (χ4n) is 1.61. The summed E-state index contributed by atoms with van der Waals surface area (Å²) < 4.78 is 9.55. The number of esters is 1. The summed E-state index contributed by atoms with van der Waals surface area (Å²) in [7, 11) is 2.89. The molecule has 1 rings (SSSR count). The summed E-state index contributed by atoms with van der Waals surface area (Å²) in [5.74, 6) is -0.831. The minimum absolute atomic E-state index is 0.0150. The predicted molar refractivity (Wildman–Crippen MR) is 85.5 cm³/mol. The lowest BCUT2D eigenvalue weighted by Gasteiger charge is -2.16. The molecule has 0 radical (unpaired) electrons. The van der Waals surface area contributed by atoms with Gasteiger partial charge in [0.1, 0.15) is 0 Å². The summed E-state index contributed by atoms with van der Waals surface area (Å²) in [5.41, 5.74) is 5.81. The number of hydrazine groups is 1. The Morgan fingerprint density at radius 1 is 1.14 bits per heavy atom. The van der Waals surface area contributed by atoms with E-state index in [0.29, 0.717) is 17.7 Å². The number of rotatable bonds is 5. The second-order valence-corrected chi connectivity index (χ2v) is 4.89. The summed E-state index contributed by atoms with van der Waals surface area (Å²) in [4.78, 5) is 23.2. The quantitative estimate of drug-likeness (QED) is 0.415. The third-order valence-electron chi connectivity index (χ3n) is 2.65. The van der Waals surface area contributed by atoms with Gasteiger partial charge in [-0.1, -0.05) is 0 Å². The highest BCUT2D eigenvalue weighted by molar-refractivity contribution is 7.80. The molecule has 22 heavy (non-hydrogen) atoms. The van der Waals surface area contributed by atoms with Gasteiger partial charge < -0.3 is 14.8 Å².